The zero-order valence-corrected chi connectivity index (χ0v) is 19.7. The third-order valence-electron chi connectivity index (χ3n) is 4.12. The lowest BCUT2D eigenvalue weighted by molar-refractivity contribution is -0.142. The predicted octanol–water partition coefficient (Wildman–Crippen LogP) is 5.34. The first-order valence-corrected chi connectivity index (χ1v) is 10.7. The van der Waals surface area contributed by atoms with Gasteiger partial charge in [-0.15, -0.1) is 0 Å². The Kier molecular flexibility index (Phi) is 9.08. The van der Waals surface area contributed by atoms with E-state index in [4.69, 9.17) is 39.5 Å². The Morgan fingerprint density at radius 2 is 1.79 bits per heavy atom. The number of rotatable bonds is 8. The summed E-state index contributed by atoms with van der Waals surface area (Å²) in [5.41, 5.74) is 0.674. The molecule has 0 spiro atoms. The van der Waals surface area contributed by atoms with Gasteiger partial charge in [0.05, 0.1) is 4.47 Å². The van der Waals surface area contributed by atoms with E-state index in [9.17, 15) is 9.59 Å². The minimum absolute atomic E-state index is 0.137. The molecule has 2 amide bonds. The number of benzene rings is 2. The molecule has 29 heavy (non-hydrogen) atoms. The molecule has 1 atom stereocenters. The number of nitrogens with zero attached hydrogens (tertiary/aromatic N) is 1. The summed E-state index contributed by atoms with van der Waals surface area (Å²) in [7, 11) is 0. The molecule has 0 aliphatic heterocycles. The summed E-state index contributed by atoms with van der Waals surface area (Å²) in [6, 6.07) is 9.28. The van der Waals surface area contributed by atoms with Gasteiger partial charge in [-0.3, -0.25) is 9.59 Å². The molecule has 0 aromatic heterocycles. The van der Waals surface area contributed by atoms with Crippen molar-refractivity contribution in [1.82, 2.24) is 10.2 Å². The van der Waals surface area contributed by atoms with Crippen LogP contribution >= 0.6 is 50.7 Å². The smallest absolute Gasteiger partial charge is 0.261 e. The Morgan fingerprint density at radius 3 is 2.41 bits per heavy atom. The molecule has 0 bridgehead atoms. The molecule has 5 nitrogen and oxygen atoms in total. The average Bonchev–Trinajstić information content (AvgIpc) is 2.66. The molecule has 0 unspecified atom stereocenters. The SMILES string of the molecule is CCNC(=O)[C@H](C)N(Cc1ccc(Cl)cc1Cl)C(=O)COc1ccc(Cl)cc1Br. The van der Waals surface area contributed by atoms with Gasteiger partial charge in [0.25, 0.3) is 5.91 Å². The van der Waals surface area contributed by atoms with Crippen LogP contribution in [0.2, 0.25) is 15.1 Å². The van der Waals surface area contributed by atoms with Crippen molar-refractivity contribution in [3.05, 3.63) is 61.5 Å². The van der Waals surface area contributed by atoms with E-state index in [-0.39, 0.29) is 25.0 Å². The molecule has 2 aromatic rings. The Morgan fingerprint density at radius 1 is 1.14 bits per heavy atom. The van der Waals surface area contributed by atoms with Gasteiger partial charge in [-0.1, -0.05) is 40.9 Å². The summed E-state index contributed by atoms with van der Waals surface area (Å²) in [4.78, 5) is 26.7. The van der Waals surface area contributed by atoms with Crippen LogP contribution in [0, 0.1) is 0 Å². The van der Waals surface area contributed by atoms with Gasteiger partial charge in [0.15, 0.2) is 6.61 Å². The fourth-order valence-electron chi connectivity index (χ4n) is 2.55. The molecular formula is C20H20BrCl3N2O3. The molecule has 9 heteroatoms. The Balaban J connectivity index is 2.20. The molecule has 0 aliphatic carbocycles. The van der Waals surface area contributed by atoms with Crippen molar-refractivity contribution in [3.63, 3.8) is 0 Å². The standard InChI is InChI=1S/C20H20BrCl3N2O3/c1-3-25-20(28)12(2)26(10-13-4-5-15(23)9-17(13)24)19(27)11-29-18-7-6-14(22)8-16(18)21/h4-9,12H,3,10-11H2,1-2H3,(H,25,28)/t12-/m0/s1. The maximum Gasteiger partial charge on any atom is 0.261 e. The van der Waals surface area contributed by atoms with Crippen LogP contribution in [0.5, 0.6) is 5.75 Å². The second-order valence-corrected chi connectivity index (χ2v) is 8.33. The van der Waals surface area contributed by atoms with Gasteiger partial charge in [0.1, 0.15) is 11.8 Å². The van der Waals surface area contributed by atoms with Gasteiger partial charge < -0.3 is 15.0 Å². The van der Waals surface area contributed by atoms with E-state index in [1.54, 1.807) is 43.3 Å². The maximum absolute atomic E-state index is 12.9. The zero-order chi connectivity index (χ0) is 21.6. The summed E-state index contributed by atoms with van der Waals surface area (Å²) < 4.78 is 6.26. The van der Waals surface area contributed by atoms with Crippen LogP contribution in [-0.4, -0.2) is 35.9 Å². The molecule has 0 saturated carbocycles. The van der Waals surface area contributed by atoms with Crippen LogP contribution in [0.4, 0.5) is 0 Å². The number of amides is 2. The molecular weight excluding hydrogens is 502 g/mol. The quantitative estimate of drug-likeness (QED) is 0.509. The summed E-state index contributed by atoms with van der Waals surface area (Å²) >= 11 is 21.5. The highest BCUT2D eigenvalue weighted by Crippen LogP contribution is 2.28. The van der Waals surface area contributed by atoms with E-state index in [0.29, 0.717) is 37.4 Å². The molecule has 0 saturated heterocycles. The highest BCUT2D eigenvalue weighted by atomic mass is 79.9. The van der Waals surface area contributed by atoms with Crippen LogP contribution in [0.15, 0.2) is 40.9 Å². The van der Waals surface area contributed by atoms with E-state index in [1.165, 1.54) is 4.90 Å². The van der Waals surface area contributed by atoms with Gasteiger partial charge >= 0.3 is 0 Å². The van der Waals surface area contributed by atoms with Gasteiger partial charge in [0, 0.05) is 28.2 Å². The van der Waals surface area contributed by atoms with Gasteiger partial charge in [-0.05, 0) is 65.7 Å². The van der Waals surface area contributed by atoms with Crippen LogP contribution in [0.3, 0.4) is 0 Å². The third-order valence-corrected chi connectivity index (χ3v) is 5.56. The van der Waals surface area contributed by atoms with Gasteiger partial charge in [-0.2, -0.15) is 0 Å². The van der Waals surface area contributed by atoms with E-state index in [1.807, 2.05) is 6.92 Å². The number of carbonyl (C=O) groups excluding carboxylic acids is 2. The number of ether oxygens (including phenoxy) is 1. The topological polar surface area (TPSA) is 58.6 Å². The summed E-state index contributed by atoms with van der Waals surface area (Å²) in [5, 5.41) is 4.18. The monoisotopic (exact) mass is 520 g/mol. The molecule has 0 fully saturated rings. The zero-order valence-electron chi connectivity index (χ0n) is 15.8. The first kappa shape index (κ1) is 23.8. The number of hydrogen-bond acceptors (Lipinski definition) is 3. The average molecular weight is 523 g/mol. The van der Waals surface area contributed by atoms with Crippen molar-refractivity contribution in [2.75, 3.05) is 13.2 Å². The highest BCUT2D eigenvalue weighted by molar-refractivity contribution is 9.10. The number of carbonyl (C=O) groups is 2. The van der Waals surface area contributed by atoms with Crippen molar-refractivity contribution in [1.29, 1.82) is 0 Å². The molecule has 2 rings (SSSR count). The van der Waals surface area contributed by atoms with Gasteiger partial charge in [-0.25, -0.2) is 0 Å². The normalized spacial score (nSPS) is 11.7. The summed E-state index contributed by atoms with van der Waals surface area (Å²) in [6.45, 7) is 3.81. The lowest BCUT2D eigenvalue weighted by atomic mass is 10.1. The van der Waals surface area contributed by atoms with Crippen LogP contribution in [-0.2, 0) is 16.1 Å². The predicted molar refractivity (Wildman–Crippen MR) is 120 cm³/mol. The van der Waals surface area contributed by atoms with Crippen molar-refractivity contribution in [3.8, 4) is 5.75 Å². The Labute approximate surface area is 193 Å². The van der Waals surface area contributed by atoms with Gasteiger partial charge in [0.2, 0.25) is 5.91 Å². The number of nitrogens with one attached hydrogen (secondary N) is 1. The second kappa shape index (κ2) is 11.1. The fraction of sp³-hybridized carbons (Fsp3) is 0.300. The van der Waals surface area contributed by atoms with Crippen LogP contribution in [0.1, 0.15) is 19.4 Å². The van der Waals surface area contributed by atoms with Crippen molar-refractivity contribution < 1.29 is 14.3 Å². The minimum Gasteiger partial charge on any atom is -0.483 e. The lowest BCUT2D eigenvalue weighted by Crippen LogP contribution is -2.49. The molecule has 0 aliphatic rings. The molecule has 1 N–H and O–H groups in total. The van der Waals surface area contributed by atoms with E-state index in [0.717, 1.165) is 0 Å². The Bertz CT molecular complexity index is 895. The summed E-state index contributed by atoms with van der Waals surface area (Å²) in [6.07, 6.45) is 0. The number of halogens is 4. The second-order valence-electron chi connectivity index (χ2n) is 6.19. The van der Waals surface area contributed by atoms with Crippen molar-refractivity contribution in [2.24, 2.45) is 0 Å². The van der Waals surface area contributed by atoms with Crippen LogP contribution < -0.4 is 10.1 Å². The molecule has 0 radical (unpaired) electrons. The maximum atomic E-state index is 12.9. The number of hydrogen-bond donors (Lipinski definition) is 1. The highest BCUT2D eigenvalue weighted by Gasteiger charge is 2.27. The van der Waals surface area contributed by atoms with E-state index >= 15 is 0 Å². The first-order valence-electron chi connectivity index (χ1n) is 8.81. The number of likely N-dealkylation sites (N-methyl/N-ethyl adjacent to an activating group) is 1. The van der Waals surface area contributed by atoms with Crippen LogP contribution in [0.25, 0.3) is 0 Å². The minimum atomic E-state index is -0.716. The van der Waals surface area contributed by atoms with Crippen molar-refractivity contribution in [2.45, 2.75) is 26.4 Å². The summed E-state index contributed by atoms with van der Waals surface area (Å²) in [5.74, 6) is -0.159. The van der Waals surface area contributed by atoms with Crippen molar-refractivity contribution >= 4 is 62.5 Å². The molecule has 2 aromatic carbocycles. The first-order chi connectivity index (χ1) is 13.7. The van der Waals surface area contributed by atoms with E-state index in [2.05, 4.69) is 21.2 Å². The fourth-order valence-corrected chi connectivity index (χ4v) is 3.82. The Hall–Kier alpha value is -1.47. The largest absolute Gasteiger partial charge is 0.483 e. The molecule has 0 heterocycles. The molecule has 156 valence electrons. The lowest BCUT2D eigenvalue weighted by Gasteiger charge is -2.29. The third kappa shape index (κ3) is 6.78. The van der Waals surface area contributed by atoms with E-state index < -0.39 is 6.04 Å².